The Morgan fingerprint density at radius 2 is 1.57 bits per heavy atom. The molecular weight excluding hydrogens is 396 g/mol. The van der Waals surface area contributed by atoms with Crippen LogP contribution in [0.3, 0.4) is 0 Å². The third kappa shape index (κ3) is 5.11. The van der Waals surface area contributed by atoms with Crippen LogP contribution in [0.1, 0.15) is 31.2 Å². The first kappa shape index (κ1) is 21.5. The fourth-order valence-electron chi connectivity index (χ4n) is 4.94. The Kier molecular flexibility index (Phi) is 7.20. The van der Waals surface area contributed by atoms with Crippen LogP contribution in [-0.4, -0.2) is 83.5 Å². The Morgan fingerprint density at radius 1 is 0.933 bits per heavy atom. The van der Waals surface area contributed by atoms with E-state index >= 15 is 0 Å². The number of thioether (sulfide) groups is 1. The van der Waals surface area contributed by atoms with E-state index in [0.717, 1.165) is 56.2 Å². The van der Waals surface area contributed by atoms with Gasteiger partial charge in [-0.15, -0.1) is 0 Å². The van der Waals surface area contributed by atoms with Gasteiger partial charge in [-0.05, 0) is 37.8 Å². The highest BCUT2D eigenvalue weighted by atomic mass is 32.2. The van der Waals surface area contributed by atoms with E-state index in [1.807, 2.05) is 47.9 Å². The first-order valence-corrected chi connectivity index (χ1v) is 12.5. The van der Waals surface area contributed by atoms with Crippen molar-refractivity contribution in [2.24, 2.45) is 5.92 Å². The third-order valence-corrected chi connectivity index (χ3v) is 7.66. The number of benzene rings is 1. The summed E-state index contributed by atoms with van der Waals surface area (Å²) in [5.41, 5.74) is 2.01. The minimum Gasteiger partial charge on any atom is -0.340 e. The lowest BCUT2D eigenvalue weighted by atomic mass is 9.94. The molecule has 3 aliphatic rings. The summed E-state index contributed by atoms with van der Waals surface area (Å²) in [5, 5.41) is 3.00. The Labute approximate surface area is 184 Å². The van der Waals surface area contributed by atoms with E-state index in [0.29, 0.717) is 24.9 Å². The average molecular weight is 431 g/mol. The highest BCUT2D eigenvalue weighted by Gasteiger charge is 2.39. The van der Waals surface area contributed by atoms with Crippen LogP contribution in [0.15, 0.2) is 24.3 Å². The van der Waals surface area contributed by atoms with Gasteiger partial charge in [-0.3, -0.25) is 9.69 Å². The van der Waals surface area contributed by atoms with Gasteiger partial charge in [-0.1, -0.05) is 30.5 Å². The maximum absolute atomic E-state index is 13.5. The van der Waals surface area contributed by atoms with Crippen molar-refractivity contribution in [3.05, 3.63) is 29.8 Å². The van der Waals surface area contributed by atoms with Gasteiger partial charge < -0.3 is 15.1 Å². The van der Waals surface area contributed by atoms with Crippen LogP contribution in [0.25, 0.3) is 0 Å². The predicted octanol–water partition coefficient (Wildman–Crippen LogP) is 3.28. The highest BCUT2D eigenvalue weighted by molar-refractivity contribution is 7.99. The molecule has 6 nitrogen and oxygen atoms in total. The van der Waals surface area contributed by atoms with Crippen molar-refractivity contribution >= 4 is 29.4 Å². The molecule has 3 amide bonds. The van der Waals surface area contributed by atoms with E-state index in [1.165, 1.54) is 18.4 Å². The second kappa shape index (κ2) is 10.1. The number of anilines is 1. The molecule has 1 aromatic rings. The number of amides is 3. The quantitative estimate of drug-likeness (QED) is 0.797. The van der Waals surface area contributed by atoms with E-state index in [-0.39, 0.29) is 12.1 Å². The molecule has 164 valence electrons. The zero-order chi connectivity index (χ0) is 20.9. The molecule has 2 aliphatic heterocycles. The summed E-state index contributed by atoms with van der Waals surface area (Å²) in [6, 6.07) is 7.84. The maximum Gasteiger partial charge on any atom is 0.321 e. The molecule has 0 unspecified atom stereocenters. The van der Waals surface area contributed by atoms with Crippen LogP contribution < -0.4 is 5.32 Å². The van der Waals surface area contributed by atoms with Crippen LogP contribution in [0.4, 0.5) is 10.5 Å². The fourth-order valence-corrected chi connectivity index (χ4v) is 5.85. The second-order valence-electron chi connectivity index (χ2n) is 8.75. The molecule has 2 saturated heterocycles. The third-order valence-electron chi connectivity index (χ3n) is 6.72. The highest BCUT2D eigenvalue weighted by Crippen LogP contribution is 2.32. The maximum atomic E-state index is 13.5. The van der Waals surface area contributed by atoms with Crippen LogP contribution >= 0.6 is 11.8 Å². The summed E-state index contributed by atoms with van der Waals surface area (Å²) < 4.78 is 0. The molecule has 0 aromatic heterocycles. The van der Waals surface area contributed by atoms with Crippen molar-refractivity contribution in [1.29, 1.82) is 0 Å². The zero-order valence-corrected chi connectivity index (χ0v) is 18.8. The molecule has 0 spiro atoms. The van der Waals surface area contributed by atoms with E-state index in [1.54, 1.807) is 0 Å². The SMILES string of the molecule is Cc1ccc(NC(=O)N2CCN([C@@H](C(=O)N3CCSCC3)C3CCCC3)CC2)cc1. The molecular formula is C23H34N4O2S. The summed E-state index contributed by atoms with van der Waals surface area (Å²) >= 11 is 1.94. The van der Waals surface area contributed by atoms with E-state index in [4.69, 9.17) is 0 Å². The number of carbonyl (C=O) groups excluding carboxylic acids is 2. The first-order chi connectivity index (χ1) is 14.6. The van der Waals surface area contributed by atoms with Gasteiger partial charge in [-0.25, -0.2) is 4.79 Å². The monoisotopic (exact) mass is 430 g/mol. The van der Waals surface area contributed by atoms with E-state index < -0.39 is 0 Å². The Balaban J connectivity index is 1.36. The van der Waals surface area contributed by atoms with Gasteiger partial charge in [0, 0.05) is 56.5 Å². The summed E-state index contributed by atoms with van der Waals surface area (Å²) in [7, 11) is 0. The Hall–Kier alpha value is -1.73. The van der Waals surface area contributed by atoms with Crippen molar-refractivity contribution in [3.63, 3.8) is 0 Å². The van der Waals surface area contributed by atoms with Gasteiger partial charge in [0.25, 0.3) is 0 Å². The van der Waals surface area contributed by atoms with Crippen LogP contribution in [0, 0.1) is 12.8 Å². The molecule has 1 aliphatic carbocycles. The lowest BCUT2D eigenvalue weighted by Crippen LogP contribution is -2.59. The largest absolute Gasteiger partial charge is 0.340 e. The number of nitrogens with one attached hydrogen (secondary N) is 1. The molecule has 7 heteroatoms. The molecule has 3 fully saturated rings. The van der Waals surface area contributed by atoms with Gasteiger partial charge in [-0.2, -0.15) is 11.8 Å². The van der Waals surface area contributed by atoms with Crippen molar-refractivity contribution in [3.8, 4) is 0 Å². The fraction of sp³-hybridized carbons (Fsp3) is 0.652. The molecule has 4 rings (SSSR count). The summed E-state index contributed by atoms with van der Waals surface area (Å²) in [6.07, 6.45) is 4.80. The zero-order valence-electron chi connectivity index (χ0n) is 18.0. The summed E-state index contributed by atoms with van der Waals surface area (Å²) in [5.74, 6) is 2.91. The molecule has 1 aromatic carbocycles. The number of urea groups is 1. The van der Waals surface area contributed by atoms with Gasteiger partial charge in [0.2, 0.25) is 5.91 Å². The number of aryl methyl sites for hydroxylation is 1. The molecule has 0 bridgehead atoms. The number of nitrogens with zero attached hydrogens (tertiary/aromatic N) is 3. The van der Waals surface area contributed by atoms with Crippen molar-refractivity contribution < 1.29 is 9.59 Å². The minimum atomic E-state index is -0.0460. The summed E-state index contributed by atoms with van der Waals surface area (Å²) in [6.45, 7) is 6.69. The topological polar surface area (TPSA) is 55.9 Å². The van der Waals surface area contributed by atoms with E-state index in [9.17, 15) is 9.59 Å². The first-order valence-electron chi connectivity index (χ1n) is 11.3. The second-order valence-corrected chi connectivity index (χ2v) is 9.97. The number of rotatable bonds is 4. The minimum absolute atomic E-state index is 0.00194. The number of piperazine rings is 1. The Bertz CT molecular complexity index is 721. The number of hydrogen-bond acceptors (Lipinski definition) is 4. The van der Waals surface area contributed by atoms with Crippen LogP contribution in [0.5, 0.6) is 0 Å². The number of hydrogen-bond donors (Lipinski definition) is 1. The molecule has 30 heavy (non-hydrogen) atoms. The average Bonchev–Trinajstić information content (AvgIpc) is 3.31. The van der Waals surface area contributed by atoms with Gasteiger partial charge in [0.1, 0.15) is 0 Å². The molecule has 1 atom stereocenters. The summed E-state index contributed by atoms with van der Waals surface area (Å²) in [4.78, 5) is 32.5. The van der Waals surface area contributed by atoms with Gasteiger partial charge >= 0.3 is 6.03 Å². The number of carbonyl (C=O) groups is 2. The van der Waals surface area contributed by atoms with E-state index in [2.05, 4.69) is 15.1 Å². The van der Waals surface area contributed by atoms with Gasteiger partial charge in [0.05, 0.1) is 6.04 Å². The van der Waals surface area contributed by atoms with Gasteiger partial charge in [0.15, 0.2) is 0 Å². The smallest absolute Gasteiger partial charge is 0.321 e. The lowest BCUT2D eigenvalue weighted by Gasteiger charge is -2.43. The van der Waals surface area contributed by atoms with Crippen molar-refractivity contribution in [2.45, 2.75) is 38.6 Å². The molecule has 2 heterocycles. The lowest BCUT2D eigenvalue weighted by molar-refractivity contribution is -0.139. The van der Waals surface area contributed by atoms with Crippen molar-refractivity contribution in [2.75, 3.05) is 56.1 Å². The normalized spacial score (nSPS) is 22.2. The molecule has 1 N–H and O–H groups in total. The molecule has 1 saturated carbocycles. The standard InChI is InChI=1S/C23H34N4O2S/c1-18-6-8-20(9-7-18)24-23(29)27-12-10-25(11-13-27)21(19-4-2-3-5-19)22(28)26-14-16-30-17-15-26/h6-9,19,21H,2-5,10-17H2,1H3,(H,24,29)/t21-/m1/s1. The molecule has 0 radical (unpaired) electrons. The Morgan fingerprint density at radius 3 is 2.20 bits per heavy atom. The van der Waals surface area contributed by atoms with Crippen LogP contribution in [-0.2, 0) is 4.79 Å². The predicted molar refractivity (Wildman–Crippen MR) is 123 cm³/mol. The van der Waals surface area contributed by atoms with Crippen molar-refractivity contribution in [1.82, 2.24) is 14.7 Å². The van der Waals surface area contributed by atoms with Crippen LogP contribution in [0.2, 0.25) is 0 Å².